The van der Waals surface area contributed by atoms with Crippen LogP contribution in [-0.2, 0) is 4.74 Å². The van der Waals surface area contributed by atoms with Crippen molar-refractivity contribution in [2.45, 2.75) is 6.42 Å². The summed E-state index contributed by atoms with van der Waals surface area (Å²) in [6.07, 6.45) is 1.14. The van der Waals surface area contributed by atoms with Crippen LogP contribution in [0.3, 0.4) is 0 Å². The fourth-order valence-corrected chi connectivity index (χ4v) is 2.45. The first-order chi connectivity index (χ1) is 8.24. The van der Waals surface area contributed by atoms with Gasteiger partial charge in [-0.2, -0.15) is 5.26 Å². The van der Waals surface area contributed by atoms with Crippen LogP contribution in [0.15, 0.2) is 18.2 Å². The second-order valence-corrected chi connectivity index (χ2v) is 4.74. The number of halogens is 1. The number of anilines is 1. The maximum absolute atomic E-state index is 8.82. The first-order valence-electron chi connectivity index (χ1n) is 5.68. The topological polar surface area (TPSA) is 36.3 Å². The van der Waals surface area contributed by atoms with Crippen molar-refractivity contribution in [3.05, 3.63) is 28.8 Å². The molecule has 1 unspecified atom stereocenters. The summed E-state index contributed by atoms with van der Waals surface area (Å²) >= 11 is 6.03. The molecule has 0 aliphatic carbocycles. The van der Waals surface area contributed by atoms with Crippen molar-refractivity contribution < 1.29 is 4.74 Å². The molecule has 0 aromatic heterocycles. The third-order valence-electron chi connectivity index (χ3n) is 3.13. The molecule has 90 valence electrons. The van der Waals surface area contributed by atoms with E-state index in [-0.39, 0.29) is 0 Å². The van der Waals surface area contributed by atoms with Crippen molar-refractivity contribution >= 4 is 17.3 Å². The Morgan fingerprint density at radius 1 is 1.59 bits per heavy atom. The number of nitrogens with zero attached hydrogens (tertiary/aromatic N) is 2. The summed E-state index contributed by atoms with van der Waals surface area (Å²) in [5, 5.41) is 9.35. The number of hydrogen-bond donors (Lipinski definition) is 0. The Kier molecular flexibility index (Phi) is 3.88. The highest BCUT2D eigenvalue weighted by Gasteiger charge is 2.22. The molecule has 1 aliphatic rings. The van der Waals surface area contributed by atoms with E-state index in [0.29, 0.717) is 16.5 Å². The lowest BCUT2D eigenvalue weighted by molar-refractivity contribution is 0.161. The van der Waals surface area contributed by atoms with Crippen LogP contribution in [0.25, 0.3) is 0 Å². The predicted octanol–water partition coefficient (Wildman–Crippen LogP) is 2.68. The van der Waals surface area contributed by atoms with Gasteiger partial charge in [0.05, 0.1) is 17.2 Å². The van der Waals surface area contributed by atoms with Gasteiger partial charge in [0.15, 0.2) is 0 Å². The highest BCUT2D eigenvalue weighted by molar-refractivity contribution is 6.32. The molecule has 1 fully saturated rings. The minimum Gasteiger partial charge on any atom is -0.384 e. The summed E-state index contributed by atoms with van der Waals surface area (Å²) in [6.45, 7) is 2.83. The molecule has 1 saturated heterocycles. The van der Waals surface area contributed by atoms with E-state index in [0.717, 1.165) is 31.8 Å². The van der Waals surface area contributed by atoms with Crippen LogP contribution < -0.4 is 4.90 Å². The maximum Gasteiger partial charge on any atom is 0.101 e. The minimum atomic E-state index is 0.528. The molecule has 3 nitrogen and oxygen atoms in total. The lowest BCUT2D eigenvalue weighted by Gasteiger charge is -2.19. The van der Waals surface area contributed by atoms with Gasteiger partial charge < -0.3 is 9.64 Å². The lowest BCUT2D eigenvalue weighted by atomic mass is 10.1. The SMILES string of the molecule is COCC1CCN(c2ccc(C#N)c(Cl)c2)C1. The number of nitriles is 1. The van der Waals surface area contributed by atoms with Crippen molar-refractivity contribution in [2.24, 2.45) is 5.92 Å². The van der Waals surface area contributed by atoms with E-state index in [1.165, 1.54) is 0 Å². The van der Waals surface area contributed by atoms with Crippen LogP contribution in [0.4, 0.5) is 5.69 Å². The van der Waals surface area contributed by atoms with E-state index in [2.05, 4.69) is 11.0 Å². The van der Waals surface area contributed by atoms with Crippen molar-refractivity contribution in [1.82, 2.24) is 0 Å². The Bertz CT molecular complexity index is 442. The number of methoxy groups -OCH3 is 1. The summed E-state index contributed by atoms with van der Waals surface area (Å²) in [7, 11) is 1.74. The van der Waals surface area contributed by atoms with E-state index in [1.54, 1.807) is 13.2 Å². The summed E-state index contributed by atoms with van der Waals surface area (Å²) in [6, 6.07) is 7.68. The molecule has 1 aliphatic heterocycles. The summed E-state index contributed by atoms with van der Waals surface area (Å²) in [5.41, 5.74) is 1.62. The minimum absolute atomic E-state index is 0.528. The zero-order valence-corrected chi connectivity index (χ0v) is 10.6. The molecule has 0 N–H and O–H groups in total. The fourth-order valence-electron chi connectivity index (χ4n) is 2.23. The fraction of sp³-hybridized carbons (Fsp3) is 0.462. The maximum atomic E-state index is 8.82. The molecule has 1 aromatic carbocycles. The van der Waals surface area contributed by atoms with Crippen molar-refractivity contribution in [3.8, 4) is 6.07 Å². The van der Waals surface area contributed by atoms with Crippen LogP contribution >= 0.6 is 11.6 Å². The Balaban J connectivity index is 2.09. The first-order valence-corrected chi connectivity index (χ1v) is 6.06. The molecular weight excluding hydrogens is 236 g/mol. The highest BCUT2D eigenvalue weighted by atomic mass is 35.5. The molecule has 0 amide bonds. The molecule has 0 radical (unpaired) electrons. The van der Waals surface area contributed by atoms with Gasteiger partial charge in [-0.15, -0.1) is 0 Å². The molecule has 1 aromatic rings. The van der Waals surface area contributed by atoms with Crippen LogP contribution in [0.2, 0.25) is 5.02 Å². The third kappa shape index (κ3) is 2.71. The molecular formula is C13H15ClN2O. The van der Waals surface area contributed by atoms with Gasteiger partial charge in [0.1, 0.15) is 6.07 Å². The molecule has 0 bridgehead atoms. The average Bonchev–Trinajstić information content (AvgIpc) is 2.78. The zero-order valence-electron chi connectivity index (χ0n) is 9.82. The molecule has 17 heavy (non-hydrogen) atoms. The van der Waals surface area contributed by atoms with E-state index in [4.69, 9.17) is 21.6 Å². The smallest absolute Gasteiger partial charge is 0.101 e. The van der Waals surface area contributed by atoms with Gasteiger partial charge in [-0.25, -0.2) is 0 Å². The average molecular weight is 251 g/mol. The van der Waals surface area contributed by atoms with Gasteiger partial charge in [-0.05, 0) is 24.6 Å². The lowest BCUT2D eigenvalue weighted by Crippen LogP contribution is -2.20. The second-order valence-electron chi connectivity index (χ2n) is 4.33. The van der Waals surface area contributed by atoms with Gasteiger partial charge in [-0.3, -0.25) is 0 Å². The van der Waals surface area contributed by atoms with Gasteiger partial charge in [-0.1, -0.05) is 11.6 Å². The largest absolute Gasteiger partial charge is 0.384 e. The van der Waals surface area contributed by atoms with Gasteiger partial charge in [0.2, 0.25) is 0 Å². The van der Waals surface area contributed by atoms with E-state index in [9.17, 15) is 0 Å². The summed E-state index contributed by atoms with van der Waals surface area (Å²) in [5.74, 6) is 0.592. The Morgan fingerprint density at radius 2 is 2.41 bits per heavy atom. The van der Waals surface area contributed by atoms with E-state index >= 15 is 0 Å². The number of ether oxygens (including phenoxy) is 1. The van der Waals surface area contributed by atoms with Crippen molar-refractivity contribution in [2.75, 3.05) is 31.7 Å². The predicted molar refractivity (Wildman–Crippen MR) is 68.4 cm³/mol. The van der Waals surface area contributed by atoms with Gasteiger partial charge in [0.25, 0.3) is 0 Å². The molecule has 1 heterocycles. The van der Waals surface area contributed by atoms with Crippen molar-refractivity contribution in [3.63, 3.8) is 0 Å². The standard InChI is InChI=1S/C13H15ClN2O/c1-17-9-10-4-5-16(8-10)12-3-2-11(7-15)13(14)6-12/h2-3,6,10H,4-5,8-9H2,1H3. The highest BCUT2D eigenvalue weighted by Crippen LogP contribution is 2.27. The van der Waals surface area contributed by atoms with Crippen LogP contribution in [0, 0.1) is 17.2 Å². The summed E-state index contributed by atoms with van der Waals surface area (Å²) in [4.78, 5) is 2.29. The van der Waals surface area contributed by atoms with Crippen LogP contribution in [0.1, 0.15) is 12.0 Å². The number of rotatable bonds is 3. The zero-order chi connectivity index (χ0) is 12.3. The summed E-state index contributed by atoms with van der Waals surface area (Å²) < 4.78 is 5.17. The Labute approximate surface area is 107 Å². The quantitative estimate of drug-likeness (QED) is 0.828. The monoisotopic (exact) mass is 250 g/mol. The number of hydrogen-bond acceptors (Lipinski definition) is 3. The molecule has 0 spiro atoms. The third-order valence-corrected chi connectivity index (χ3v) is 3.44. The molecule has 4 heteroatoms. The van der Waals surface area contributed by atoms with Crippen molar-refractivity contribution in [1.29, 1.82) is 5.26 Å². The molecule has 1 atom stereocenters. The Morgan fingerprint density at radius 3 is 3.06 bits per heavy atom. The van der Waals surface area contributed by atoms with Gasteiger partial charge in [0, 0.05) is 31.8 Å². The normalized spacial score (nSPS) is 19.4. The molecule has 2 rings (SSSR count). The first kappa shape index (κ1) is 12.2. The van der Waals surface area contributed by atoms with E-state index in [1.807, 2.05) is 12.1 Å². The van der Waals surface area contributed by atoms with Crippen LogP contribution in [0.5, 0.6) is 0 Å². The Hall–Kier alpha value is -1.24. The van der Waals surface area contributed by atoms with E-state index < -0.39 is 0 Å². The van der Waals surface area contributed by atoms with Gasteiger partial charge >= 0.3 is 0 Å². The second kappa shape index (κ2) is 5.39. The number of benzene rings is 1. The molecule has 0 saturated carbocycles. The van der Waals surface area contributed by atoms with Crippen LogP contribution in [-0.4, -0.2) is 26.8 Å².